The van der Waals surface area contributed by atoms with Gasteiger partial charge in [-0.3, -0.25) is 5.43 Å². The van der Waals surface area contributed by atoms with Gasteiger partial charge in [-0.05, 0) is 13.8 Å². The number of anilines is 1. The lowest BCUT2D eigenvalue weighted by Crippen LogP contribution is -2.15. The van der Waals surface area contributed by atoms with Crippen molar-refractivity contribution in [2.24, 2.45) is 5.84 Å². The Morgan fingerprint density at radius 3 is 2.93 bits per heavy atom. The Morgan fingerprint density at radius 2 is 2.33 bits per heavy atom. The van der Waals surface area contributed by atoms with Gasteiger partial charge < -0.3 is 9.47 Å². The molecule has 1 aromatic rings. The Balaban J connectivity index is 2.24. The van der Waals surface area contributed by atoms with E-state index < -0.39 is 0 Å². The molecule has 6 nitrogen and oxygen atoms in total. The van der Waals surface area contributed by atoms with Crippen LogP contribution in [0.2, 0.25) is 0 Å². The van der Waals surface area contributed by atoms with Crippen molar-refractivity contribution >= 4 is 16.5 Å². The molecular formula is C8H16N4O2S. The molecule has 1 unspecified atom stereocenters. The van der Waals surface area contributed by atoms with Gasteiger partial charge in [0.25, 0.3) is 0 Å². The van der Waals surface area contributed by atoms with E-state index in [0.717, 1.165) is 5.01 Å². The fraction of sp³-hybridized carbons (Fsp3) is 0.750. The second-order valence-corrected chi connectivity index (χ2v) is 3.99. The van der Waals surface area contributed by atoms with E-state index in [2.05, 4.69) is 15.6 Å². The van der Waals surface area contributed by atoms with Crippen LogP contribution in [0.15, 0.2) is 0 Å². The molecule has 0 aromatic carbocycles. The lowest BCUT2D eigenvalue weighted by molar-refractivity contribution is -0.0118. The van der Waals surface area contributed by atoms with Crippen LogP contribution in [0.1, 0.15) is 18.9 Å². The number of hydrogen-bond acceptors (Lipinski definition) is 7. The van der Waals surface area contributed by atoms with Crippen LogP contribution in [-0.4, -0.2) is 29.5 Å². The minimum Gasteiger partial charge on any atom is -0.379 e. The Bertz CT molecular complexity index is 281. The molecule has 7 heteroatoms. The van der Waals surface area contributed by atoms with E-state index in [9.17, 15) is 0 Å². The first-order valence-electron chi connectivity index (χ1n) is 4.74. The zero-order chi connectivity index (χ0) is 11.1. The number of nitrogens with zero attached hydrogens (tertiary/aromatic N) is 2. The van der Waals surface area contributed by atoms with Crippen molar-refractivity contribution in [2.75, 3.05) is 18.6 Å². The lowest BCUT2D eigenvalue weighted by Gasteiger charge is -2.10. The predicted octanol–water partition coefficient (Wildman–Crippen LogP) is 0.765. The quantitative estimate of drug-likeness (QED) is 0.533. The molecule has 1 heterocycles. The number of nitrogens with one attached hydrogen (secondary N) is 1. The molecule has 0 saturated heterocycles. The van der Waals surface area contributed by atoms with E-state index in [4.69, 9.17) is 15.3 Å². The van der Waals surface area contributed by atoms with Gasteiger partial charge in [0.15, 0.2) is 0 Å². The fourth-order valence-corrected chi connectivity index (χ4v) is 1.49. The van der Waals surface area contributed by atoms with Crippen molar-refractivity contribution in [1.82, 2.24) is 10.2 Å². The number of nitrogens with two attached hydrogens (primary N) is 1. The zero-order valence-corrected chi connectivity index (χ0v) is 9.71. The molecular weight excluding hydrogens is 216 g/mol. The van der Waals surface area contributed by atoms with E-state index >= 15 is 0 Å². The minimum atomic E-state index is 0.0585. The number of rotatable bonds is 7. The van der Waals surface area contributed by atoms with Gasteiger partial charge in [-0.1, -0.05) is 11.3 Å². The number of aromatic nitrogens is 2. The molecule has 0 aliphatic carbocycles. The maximum atomic E-state index is 5.50. The molecule has 0 aliphatic rings. The summed E-state index contributed by atoms with van der Waals surface area (Å²) in [5, 5.41) is 9.08. The van der Waals surface area contributed by atoms with E-state index in [1.807, 2.05) is 13.8 Å². The van der Waals surface area contributed by atoms with Crippen molar-refractivity contribution in [1.29, 1.82) is 0 Å². The van der Waals surface area contributed by atoms with Gasteiger partial charge in [-0.25, -0.2) is 5.84 Å². The molecule has 0 radical (unpaired) electrons. The standard InChI is InChI=1S/C8H16N4O2S/c1-3-13-4-6(2)14-5-7-11-12-8(10-9)15-7/h6H,3-5,9H2,1-2H3,(H,10,12). The van der Waals surface area contributed by atoms with Gasteiger partial charge in [-0.2, -0.15) is 0 Å². The molecule has 1 atom stereocenters. The smallest absolute Gasteiger partial charge is 0.219 e. The summed E-state index contributed by atoms with van der Waals surface area (Å²) in [6.07, 6.45) is 0.0585. The SMILES string of the molecule is CCOCC(C)OCc1nnc(NN)s1. The van der Waals surface area contributed by atoms with E-state index in [0.29, 0.717) is 25.0 Å². The van der Waals surface area contributed by atoms with Crippen LogP contribution in [0.4, 0.5) is 5.13 Å². The summed E-state index contributed by atoms with van der Waals surface area (Å²) in [6, 6.07) is 0. The van der Waals surface area contributed by atoms with Gasteiger partial charge in [0.2, 0.25) is 5.13 Å². The summed E-state index contributed by atoms with van der Waals surface area (Å²) >= 11 is 1.37. The summed E-state index contributed by atoms with van der Waals surface area (Å²) in [5.41, 5.74) is 2.43. The summed E-state index contributed by atoms with van der Waals surface area (Å²) in [5.74, 6) is 5.18. The topological polar surface area (TPSA) is 82.3 Å². The van der Waals surface area contributed by atoms with Crippen LogP contribution in [0.3, 0.4) is 0 Å². The molecule has 0 saturated carbocycles. The van der Waals surface area contributed by atoms with Crippen LogP contribution < -0.4 is 11.3 Å². The number of ether oxygens (including phenoxy) is 2. The molecule has 0 spiro atoms. The molecule has 1 rings (SSSR count). The third-order valence-electron chi connectivity index (χ3n) is 1.64. The predicted molar refractivity (Wildman–Crippen MR) is 58.5 cm³/mol. The molecule has 0 fully saturated rings. The lowest BCUT2D eigenvalue weighted by atomic mass is 10.4. The first kappa shape index (κ1) is 12.3. The van der Waals surface area contributed by atoms with Crippen molar-refractivity contribution in [3.8, 4) is 0 Å². The van der Waals surface area contributed by atoms with Crippen LogP contribution in [-0.2, 0) is 16.1 Å². The van der Waals surface area contributed by atoms with Gasteiger partial charge in [0.1, 0.15) is 11.6 Å². The fourth-order valence-electron chi connectivity index (χ4n) is 0.916. The zero-order valence-electron chi connectivity index (χ0n) is 8.90. The second-order valence-electron chi connectivity index (χ2n) is 2.93. The highest BCUT2D eigenvalue weighted by atomic mass is 32.1. The Hall–Kier alpha value is -0.760. The van der Waals surface area contributed by atoms with Gasteiger partial charge in [0, 0.05) is 6.61 Å². The van der Waals surface area contributed by atoms with Crippen molar-refractivity contribution in [3.63, 3.8) is 0 Å². The highest BCUT2D eigenvalue weighted by Crippen LogP contribution is 2.14. The Kier molecular flexibility index (Phi) is 5.48. The highest BCUT2D eigenvalue weighted by molar-refractivity contribution is 7.15. The number of nitrogen functional groups attached to an aromatic ring is 1. The third-order valence-corrected chi connectivity index (χ3v) is 2.47. The van der Waals surface area contributed by atoms with Gasteiger partial charge in [0.05, 0.1) is 12.7 Å². The highest BCUT2D eigenvalue weighted by Gasteiger charge is 2.06. The van der Waals surface area contributed by atoms with Gasteiger partial charge in [-0.15, -0.1) is 10.2 Å². The Morgan fingerprint density at radius 1 is 1.53 bits per heavy atom. The summed E-state index contributed by atoms with van der Waals surface area (Å²) in [4.78, 5) is 0. The van der Waals surface area contributed by atoms with Crippen LogP contribution >= 0.6 is 11.3 Å². The maximum Gasteiger partial charge on any atom is 0.219 e. The third kappa shape index (κ3) is 4.52. The Labute approximate surface area is 92.8 Å². The van der Waals surface area contributed by atoms with Crippen molar-refractivity contribution < 1.29 is 9.47 Å². The largest absolute Gasteiger partial charge is 0.379 e. The first-order valence-corrected chi connectivity index (χ1v) is 5.56. The van der Waals surface area contributed by atoms with E-state index in [-0.39, 0.29) is 6.10 Å². The summed E-state index contributed by atoms with van der Waals surface area (Å²) in [6.45, 7) is 5.65. The molecule has 0 amide bonds. The first-order chi connectivity index (χ1) is 7.26. The number of hydrazine groups is 1. The van der Waals surface area contributed by atoms with Crippen molar-refractivity contribution in [3.05, 3.63) is 5.01 Å². The molecule has 3 N–H and O–H groups in total. The summed E-state index contributed by atoms with van der Waals surface area (Å²) in [7, 11) is 0. The molecule has 1 aromatic heterocycles. The number of hydrogen-bond donors (Lipinski definition) is 2. The van der Waals surface area contributed by atoms with Gasteiger partial charge >= 0.3 is 0 Å². The molecule has 0 bridgehead atoms. The molecule has 0 aliphatic heterocycles. The normalized spacial score (nSPS) is 12.7. The molecule has 15 heavy (non-hydrogen) atoms. The van der Waals surface area contributed by atoms with Crippen molar-refractivity contribution in [2.45, 2.75) is 26.6 Å². The van der Waals surface area contributed by atoms with E-state index in [1.165, 1.54) is 11.3 Å². The molecule has 86 valence electrons. The summed E-state index contributed by atoms with van der Waals surface area (Å²) < 4.78 is 10.7. The second kappa shape index (κ2) is 6.67. The maximum absolute atomic E-state index is 5.50. The van der Waals surface area contributed by atoms with Crippen LogP contribution in [0, 0.1) is 0 Å². The van der Waals surface area contributed by atoms with Crippen LogP contribution in [0.25, 0.3) is 0 Å². The monoisotopic (exact) mass is 232 g/mol. The van der Waals surface area contributed by atoms with Crippen LogP contribution in [0.5, 0.6) is 0 Å². The minimum absolute atomic E-state index is 0.0585. The van der Waals surface area contributed by atoms with E-state index in [1.54, 1.807) is 0 Å². The average molecular weight is 232 g/mol. The average Bonchev–Trinajstić information content (AvgIpc) is 2.71.